The highest BCUT2D eigenvalue weighted by Crippen LogP contribution is 2.42. The molecule has 1 N–H and O–H groups in total. The highest BCUT2D eigenvalue weighted by Gasteiger charge is 2.18. The first-order valence-corrected chi connectivity index (χ1v) is 16.1. The van der Waals surface area contributed by atoms with E-state index in [0.717, 1.165) is 33.9 Å². The van der Waals surface area contributed by atoms with E-state index in [4.69, 9.17) is 4.99 Å². The number of thiophene rings is 1. The molecule has 0 aliphatic rings. The van der Waals surface area contributed by atoms with Crippen LogP contribution in [0, 0.1) is 0 Å². The number of benzene rings is 6. The molecule has 0 aliphatic carbocycles. The molecule has 0 bridgehead atoms. The van der Waals surface area contributed by atoms with Crippen LogP contribution >= 0.6 is 11.3 Å². The van der Waals surface area contributed by atoms with Crippen LogP contribution in [-0.4, -0.2) is 10.4 Å². The molecule has 2 heterocycles. The lowest BCUT2D eigenvalue weighted by molar-refractivity contribution is 0.814. The Kier molecular flexibility index (Phi) is 6.77. The van der Waals surface area contributed by atoms with E-state index in [9.17, 15) is 0 Å². The van der Waals surface area contributed by atoms with E-state index in [1.54, 1.807) is 0 Å². The summed E-state index contributed by atoms with van der Waals surface area (Å²) < 4.78 is 5.05. The standard InChI is InChI=1S/C41H31N3S/c1-27(29-13-5-3-6-14-29)42-41(43-28(2)30-15-7-4-8-16-30)31-21-23-32(24-22-31)44-37-19-11-9-17-33(37)35-25-26-36-34-18-10-12-20-38(34)45-40(36)39(35)44/h3-26,28H,1H2,2H3,(H,42,43). The van der Waals surface area contributed by atoms with Crippen LogP contribution in [0.25, 0.3) is 53.4 Å². The lowest BCUT2D eigenvalue weighted by Gasteiger charge is -2.17. The van der Waals surface area contributed by atoms with Gasteiger partial charge in [-0.15, -0.1) is 11.3 Å². The van der Waals surface area contributed by atoms with Crippen LogP contribution in [0.15, 0.2) is 157 Å². The summed E-state index contributed by atoms with van der Waals surface area (Å²) in [6.07, 6.45) is 0. The third-order valence-corrected chi connectivity index (χ3v) is 9.77. The lowest BCUT2D eigenvalue weighted by atomic mass is 10.1. The van der Waals surface area contributed by atoms with E-state index in [1.165, 1.54) is 42.0 Å². The molecular formula is C41H31N3S. The third-order valence-electron chi connectivity index (χ3n) is 8.57. The fourth-order valence-corrected chi connectivity index (χ4v) is 7.54. The first kappa shape index (κ1) is 27.1. The number of nitrogens with zero attached hydrogens (tertiary/aromatic N) is 2. The third kappa shape index (κ3) is 4.80. The number of nitrogens with one attached hydrogen (secondary N) is 1. The molecule has 0 fully saturated rings. The molecule has 0 spiro atoms. The number of aliphatic imine (C=N–C) groups is 1. The van der Waals surface area contributed by atoms with Gasteiger partial charge in [0.05, 0.1) is 21.8 Å². The van der Waals surface area contributed by atoms with Gasteiger partial charge < -0.3 is 9.88 Å². The number of hydrogen-bond acceptors (Lipinski definition) is 2. The molecule has 2 aromatic heterocycles. The predicted molar refractivity (Wildman–Crippen MR) is 194 cm³/mol. The zero-order chi connectivity index (χ0) is 30.3. The maximum absolute atomic E-state index is 5.18. The molecule has 0 saturated carbocycles. The van der Waals surface area contributed by atoms with E-state index in [0.29, 0.717) is 0 Å². The maximum atomic E-state index is 5.18. The van der Waals surface area contributed by atoms with Crippen LogP contribution in [0.5, 0.6) is 0 Å². The zero-order valence-corrected chi connectivity index (χ0v) is 25.8. The van der Waals surface area contributed by atoms with Crippen molar-refractivity contribution in [3.05, 3.63) is 169 Å². The number of hydrogen-bond donors (Lipinski definition) is 1. The lowest BCUT2D eigenvalue weighted by Crippen LogP contribution is -2.23. The van der Waals surface area contributed by atoms with Crippen LogP contribution in [-0.2, 0) is 0 Å². The molecule has 216 valence electrons. The normalized spacial score (nSPS) is 12.7. The average molecular weight is 598 g/mol. The Bertz CT molecular complexity index is 2360. The highest BCUT2D eigenvalue weighted by molar-refractivity contribution is 7.26. The number of para-hydroxylation sites is 1. The Morgan fingerprint density at radius 3 is 2.07 bits per heavy atom. The number of rotatable bonds is 6. The summed E-state index contributed by atoms with van der Waals surface area (Å²) in [7, 11) is 0. The largest absolute Gasteiger partial charge is 0.340 e. The molecule has 8 aromatic rings. The van der Waals surface area contributed by atoms with Crippen LogP contribution in [0.4, 0.5) is 0 Å². The summed E-state index contributed by atoms with van der Waals surface area (Å²) in [5, 5.41) is 8.70. The van der Waals surface area contributed by atoms with Crippen molar-refractivity contribution < 1.29 is 0 Å². The molecule has 4 heteroatoms. The van der Waals surface area contributed by atoms with Crippen molar-refractivity contribution in [1.29, 1.82) is 0 Å². The summed E-state index contributed by atoms with van der Waals surface area (Å²) in [5.74, 6) is 0.792. The second-order valence-corrected chi connectivity index (χ2v) is 12.4. The van der Waals surface area contributed by atoms with Crippen molar-refractivity contribution in [2.75, 3.05) is 0 Å². The molecule has 1 atom stereocenters. The average Bonchev–Trinajstić information content (AvgIpc) is 3.65. The Balaban J connectivity index is 1.27. The van der Waals surface area contributed by atoms with E-state index in [2.05, 4.69) is 145 Å². The smallest absolute Gasteiger partial charge is 0.133 e. The van der Waals surface area contributed by atoms with E-state index in [1.807, 2.05) is 35.6 Å². The van der Waals surface area contributed by atoms with Crippen molar-refractivity contribution in [3.63, 3.8) is 0 Å². The van der Waals surface area contributed by atoms with Gasteiger partial charge in [0.1, 0.15) is 5.84 Å². The molecule has 45 heavy (non-hydrogen) atoms. The second kappa shape index (κ2) is 11.2. The number of aromatic nitrogens is 1. The quantitative estimate of drug-likeness (QED) is 0.150. The Morgan fingerprint density at radius 2 is 1.29 bits per heavy atom. The molecule has 8 rings (SSSR count). The second-order valence-electron chi connectivity index (χ2n) is 11.4. The van der Waals surface area contributed by atoms with Gasteiger partial charge in [-0.1, -0.05) is 116 Å². The minimum absolute atomic E-state index is 0.0319. The zero-order valence-electron chi connectivity index (χ0n) is 24.9. The van der Waals surface area contributed by atoms with Crippen LogP contribution in [0.1, 0.15) is 29.7 Å². The van der Waals surface area contributed by atoms with Crippen molar-refractivity contribution in [2.45, 2.75) is 13.0 Å². The van der Waals surface area contributed by atoms with Gasteiger partial charge in [0, 0.05) is 43.2 Å². The summed E-state index contributed by atoms with van der Waals surface area (Å²) in [6, 6.07) is 51.3. The molecule has 0 amide bonds. The minimum Gasteiger partial charge on any atom is -0.340 e. The first-order chi connectivity index (χ1) is 22.2. The maximum Gasteiger partial charge on any atom is 0.133 e. The topological polar surface area (TPSA) is 29.3 Å². The fraction of sp³-hybridized carbons (Fsp3) is 0.0488. The summed E-state index contributed by atoms with van der Waals surface area (Å²) in [4.78, 5) is 5.18. The van der Waals surface area contributed by atoms with Gasteiger partial charge in [-0.05, 0) is 54.4 Å². The summed E-state index contributed by atoms with van der Waals surface area (Å²) in [6.45, 7) is 6.48. The van der Waals surface area contributed by atoms with Crippen LogP contribution in [0.2, 0.25) is 0 Å². The monoisotopic (exact) mass is 597 g/mol. The SMILES string of the molecule is C=C(NC(=NC(C)c1ccccc1)c1ccc(-n2c3ccccc3c3ccc4c5ccccc5sc4c32)cc1)c1ccccc1. The van der Waals surface area contributed by atoms with Crippen molar-refractivity contribution >= 4 is 64.8 Å². The Labute approximate surface area is 266 Å². The van der Waals surface area contributed by atoms with E-state index < -0.39 is 0 Å². The minimum atomic E-state index is -0.0319. The highest BCUT2D eigenvalue weighted by atomic mass is 32.1. The predicted octanol–water partition coefficient (Wildman–Crippen LogP) is 10.9. The van der Waals surface area contributed by atoms with Gasteiger partial charge in [-0.3, -0.25) is 4.99 Å². The van der Waals surface area contributed by atoms with Gasteiger partial charge >= 0.3 is 0 Å². The van der Waals surface area contributed by atoms with Gasteiger partial charge in [-0.25, -0.2) is 0 Å². The molecule has 6 aromatic carbocycles. The van der Waals surface area contributed by atoms with Crippen LogP contribution in [0.3, 0.4) is 0 Å². The fourth-order valence-electron chi connectivity index (χ4n) is 6.30. The first-order valence-electron chi connectivity index (χ1n) is 15.2. The van der Waals surface area contributed by atoms with Crippen molar-refractivity contribution in [3.8, 4) is 5.69 Å². The summed E-state index contributed by atoms with van der Waals surface area (Å²) >= 11 is 1.87. The molecule has 0 aliphatic heterocycles. The van der Waals surface area contributed by atoms with Gasteiger partial charge in [0.25, 0.3) is 0 Å². The van der Waals surface area contributed by atoms with Crippen LogP contribution < -0.4 is 5.32 Å². The van der Waals surface area contributed by atoms with E-state index in [-0.39, 0.29) is 6.04 Å². The Morgan fingerprint density at radius 1 is 0.644 bits per heavy atom. The summed E-state index contributed by atoms with van der Waals surface area (Å²) in [5.41, 5.74) is 7.59. The molecule has 1 unspecified atom stereocenters. The van der Waals surface area contributed by atoms with E-state index >= 15 is 0 Å². The van der Waals surface area contributed by atoms with Gasteiger partial charge in [0.15, 0.2) is 0 Å². The Hall–Kier alpha value is -5.45. The molecule has 3 nitrogen and oxygen atoms in total. The molecule has 0 radical (unpaired) electrons. The van der Waals surface area contributed by atoms with Crippen molar-refractivity contribution in [2.24, 2.45) is 4.99 Å². The van der Waals surface area contributed by atoms with Gasteiger partial charge in [0.2, 0.25) is 0 Å². The number of fused-ring (bicyclic) bond motifs is 7. The van der Waals surface area contributed by atoms with Crippen molar-refractivity contribution in [1.82, 2.24) is 9.88 Å². The number of amidine groups is 1. The molecule has 0 saturated heterocycles. The molecular weight excluding hydrogens is 567 g/mol. The van der Waals surface area contributed by atoms with Gasteiger partial charge in [-0.2, -0.15) is 0 Å².